The standard InChI is InChI=1S/C22H39N5O2/c1-17(2)15-26-11-12-28-19(16-26)13-24-22(23-4)25-14-20(27-9-5-6-10-27)21-8-7-18(3)29-21/h7-8,17,19-20H,5-6,9-16H2,1-4H3,(H2,23,24,25). The number of hydrogen-bond donors (Lipinski definition) is 2. The van der Waals surface area contributed by atoms with E-state index in [1.807, 2.05) is 14.0 Å². The van der Waals surface area contributed by atoms with E-state index in [0.717, 1.165) is 69.9 Å². The summed E-state index contributed by atoms with van der Waals surface area (Å²) < 4.78 is 11.9. The smallest absolute Gasteiger partial charge is 0.191 e. The van der Waals surface area contributed by atoms with Gasteiger partial charge in [-0.2, -0.15) is 0 Å². The first-order valence-corrected chi connectivity index (χ1v) is 11.1. The Bertz CT molecular complexity index is 639. The molecule has 2 unspecified atom stereocenters. The van der Waals surface area contributed by atoms with Gasteiger partial charge in [0.2, 0.25) is 0 Å². The third kappa shape index (κ3) is 6.73. The lowest BCUT2D eigenvalue weighted by atomic mass is 10.2. The van der Waals surface area contributed by atoms with Crippen LogP contribution < -0.4 is 10.6 Å². The molecule has 0 spiro atoms. The molecule has 0 amide bonds. The highest BCUT2D eigenvalue weighted by molar-refractivity contribution is 5.79. The van der Waals surface area contributed by atoms with Crippen molar-refractivity contribution in [3.8, 4) is 0 Å². The third-order valence-corrected chi connectivity index (χ3v) is 5.70. The molecule has 0 saturated carbocycles. The number of morpholine rings is 1. The van der Waals surface area contributed by atoms with Crippen LogP contribution in [0.5, 0.6) is 0 Å². The summed E-state index contributed by atoms with van der Waals surface area (Å²) in [5.74, 6) is 3.50. The second kappa shape index (κ2) is 11.0. The molecular weight excluding hydrogens is 366 g/mol. The Hall–Kier alpha value is -1.57. The van der Waals surface area contributed by atoms with Crippen molar-refractivity contribution in [3.05, 3.63) is 23.7 Å². The van der Waals surface area contributed by atoms with Gasteiger partial charge in [0.25, 0.3) is 0 Å². The average molecular weight is 406 g/mol. The number of nitrogens with zero attached hydrogens (tertiary/aromatic N) is 3. The van der Waals surface area contributed by atoms with Crippen molar-refractivity contribution in [2.45, 2.75) is 45.8 Å². The number of likely N-dealkylation sites (tertiary alicyclic amines) is 1. The summed E-state index contributed by atoms with van der Waals surface area (Å²) >= 11 is 0. The zero-order valence-electron chi connectivity index (χ0n) is 18.6. The molecule has 0 bridgehead atoms. The first-order chi connectivity index (χ1) is 14.0. The number of guanidine groups is 1. The van der Waals surface area contributed by atoms with Gasteiger partial charge in [-0.3, -0.25) is 14.8 Å². The van der Waals surface area contributed by atoms with Crippen molar-refractivity contribution in [2.24, 2.45) is 10.9 Å². The molecule has 29 heavy (non-hydrogen) atoms. The van der Waals surface area contributed by atoms with Gasteiger partial charge in [0.15, 0.2) is 5.96 Å². The Kier molecular flexibility index (Phi) is 8.39. The highest BCUT2D eigenvalue weighted by atomic mass is 16.5. The molecule has 0 radical (unpaired) electrons. The van der Waals surface area contributed by atoms with Gasteiger partial charge >= 0.3 is 0 Å². The second-order valence-electron chi connectivity index (χ2n) is 8.69. The van der Waals surface area contributed by atoms with Crippen molar-refractivity contribution in [3.63, 3.8) is 0 Å². The topological polar surface area (TPSA) is 65.3 Å². The molecule has 164 valence electrons. The molecule has 2 fully saturated rings. The van der Waals surface area contributed by atoms with E-state index < -0.39 is 0 Å². The van der Waals surface area contributed by atoms with Crippen LogP contribution in [0.2, 0.25) is 0 Å². The van der Waals surface area contributed by atoms with Crippen molar-refractivity contribution < 1.29 is 9.15 Å². The van der Waals surface area contributed by atoms with Crippen LogP contribution in [0.1, 0.15) is 44.3 Å². The molecule has 2 aliphatic heterocycles. The number of aryl methyl sites for hydroxylation is 1. The quantitative estimate of drug-likeness (QED) is 0.511. The summed E-state index contributed by atoms with van der Waals surface area (Å²) in [7, 11) is 1.82. The summed E-state index contributed by atoms with van der Waals surface area (Å²) in [5, 5.41) is 6.96. The molecule has 7 nitrogen and oxygen atoms in total. The minimum Gasteiger partial charge on any atom is -0.465 e. The molecule has 3 rings (SSSR count). The van der Waals surface area contributed by atoms with Crippen molar-refractivity contribution in [1.29, 1.82) is 0 Å². The Morgan fingerprint density at radius 1 is 1.21 bits per heavy atom. The van der Waals surface area contributed by atoms with E-state index in [4.69, 9.17) is 9.15 Å². The van der Waals surface area contributed by atoms with E-state index in [0.29, 0.717) is 5.92 Å². The van der Waals surface area contributed by atoms with E-state index in [2.05, 4.69) is 51.4 Å². The highest BCUT2D eigenvalue weighted by Crippen LogP contribution is 2.26. The van der Waals surface area contributed by atoms with Gasteiger partial charge in [0, 0.05) is 39.8 Å². The molecule has 7 heteroatoms. The minimum atomic E-state index is 0.197. The van der Waals surface area contributed by atoms with Gasteiger partial charge < -0.3 is 19.8 Å². The van der Waals surface area contributed by atoms with Gasteiger partial charge in [-0.05, 0) is 50.9 Å². The first-order valence-electron chi connectivity index (χ1n) is 11.1. The van der Waals surface area contributed by atoms with Crippen LogP contribution in [0.25, 0.3) is 0 Å². The molecule has 3 heterocycles. The van der Waals surface area contributed by atoms with Gasteiger partial charge in [-0.15, -0.1) is 0 Å². The Labute approximate surface area is 175 Å². The van der Waals surface area contributed by atoms with Crippen LogP contribution in [0.3, 0.4) is 0 Å². The molecule has 1 aromatic rings. The largest absolute Gasteiger partial charge is 0.465 e. The van der Waals surface area contributed by atoms with E-state index in [1.54, 1.807) is 0 Å². The van der Waals surface area contributed by atoms with Crippen LogP contribution in [-0.4, -0.2) is 81.3 Å². The van der Waals surface area contributed by atoms with Crippen molar-refractivity contribution >= 4 is 5.96 Å². The lowest BCUT2D eigenvalue weighted by molar-refractivity contribution is -0.0284. The SMILES string of the molecule is CN=C(NCC1CN(CC(C)C)CCO1)NCC(c1ccc(C)o1)N1CCCC1. The third-order valence-electron chi connectivity index (χ3n) is 5.70. The van der Waals surface area contributed by atoms with Crippen LogP contribution in [0, 0.1) is 12.8 Å². The molecule has 2 atom stereocenters. The van der Waals surface area contributed by atoms with Gasteiger partial charge in [-0.1, -0.05) is 13.8 Å². The van der Waals surface area contributed by atoms with E-state index >= 15 is 0 Å². The summed E-state index contributed by atoms with van der Waals surface area (Å²) in [6, 6.07) is 4.39. The summed E-state index contributed by atoms with van der Waals surface area (Å²) in [4.78, 5) is 9.42. The Morgan fingerprint density at radius 3 is 2.66 bits per heavy atom. The zero-order chi connectivity index (χ0) is 20.6. The van der Waals surface area contributed by atoms with Gasteiger partial charge in [-0.25, -0.2) is 0 Å². The lowest BCUT2D eigenvalue weighted by Crippen LogP contribution is -2.50. The van der Waals surface area contributed by atoms with Crippen LogP contribution in [0.4, 0.5) is 0 Å². The summed E-state index contributed by atoms with van der Waals surface area (Å²) in [5.41, 5.74) is 0. The highest BCUT2D eigenvalue weighted by Gasteiger charge is 2.26. The van der Waals surface area contributed by atoms with E-state index in [9.17, 15) is 0 Å². The molecule has 0 aliphatic carbocycles. The van der Waals surface area contributed by atoms with Crippen LogP contribution in [0.15, 0.2) is 21.5 Å². The maximum atomic E-state index is 5.96. The summed E-state index contributed by atoms with van der Waals surface area (Å²) in [6.07, 6.45) is 2.72. The Morgan fingerprint density at radius 2 is 2.00 bits per heavy atom. The molecule has 1 aromatic heterocycles. The number of rotatable bonds is 8. The minimum absolute atomic E-state index is 0.197. The second-order valence-corrected chi connectivity index (χ2v) is 8.69. The van der Waals surface area contributed by atoms with Gasteiger partial charge in [0.1, 0.15) is 11.5 Å². The van der Waals surface area contributed by atoms with E-state index in [-0.39, 0.29) is 12.1 Å². The average Bonchev–Trinajstić information content (AvgIpc) is 3.36. The predicted octanol–water partition coefficient (Wildman–Crippen LogP) is 2.25. The normalized spacial score (nSPS) is 22.9. The van der Waals surface area contributed by atoms with Crippen molar-refractivity contribution in [2.75, 3.05) is 59.5 Å². The first kappa shape index (κ1) is 22.1. The monoisotopic (exact) mass is 405 g/mol. The number of ether oxygens (including phenoxy) is 1. The number of nitrogens with one attached hydrogen (secondary N) is 2. The molecule has 0 aromatic carbocycles. The van der Waals surface area contributed by atoms with Gasteiger partial charge in [0.05, 0.1) is 18.8 Å². The Balaban J connectivity index is 1.49. The molecule has 2 aliphatic rings. The number of aliphatic imine (C=N–C) groups is 1. The lowest BCUT2D eigenvalue weighted by Gasteiger charge is -2.34. The number of hydrogen-bond acceptors (Lipinski definition) is 5. The fourth-order valence-electron chi connectivity index (χ4n) is 4.31. The fraction of sp³-hybridized carbons (Fsp3) is 0.773. The molecule has 2 saturated heterocycles. The predicted molar refractivity (Wildman–Crippen MR) is 117 cm³/mol. The fourth-order valence-corrected chi connectivity index (χ4v) is 4.31. The van der Waals surface area contributed by atoms with E-state index in [1.165, 1.54) is 12.8 Å². The maximum absolute atomic E-state index is 5.96. The van der Waals surface area contributed by atoms with Crippen molar-refractivity contribution in [1.82, 2.24) is 20.4 Å². The maximum Gasteiger partial charge on any atom is 0.191 e. The summed E-state index contributed by atoms with van der Waals surface area (Å²) in [6.45, 7) is 14.3. The number of furan rings is 1. The molecule has 2 N–H and O–H groups in total. The van der Waals surface area contributed by atoms with Crippen LogP contribution >= 0.6 is 0 Å². The molecular formula is C22H39N5O2. The zero-order valence-corrected chi connectivity index (χ0v) is 18.6. The van der Waals surface area contributed by atoms with Crippen LogP contribution in [-0.2, 0) is 4.74 Å².